The lowest BCUT2D eigenvalue weighted by Gasteiger charge is -2.37. The molecule has 1 N–H and O–H groups in total. The molecule has 2 fully saturated rings. The first-order valence-electron chi connectivity index (χ1n) is 7.30. The van der Waals surface area contributed by atoms with Gasteiger partial charge in [-0.25, -0.2) is 0 Å². The van der Waals surface area contributed by atoms with Gasteiger partial charge in [-0.1, -0.05) is 29.8 Å². The van der Waals surface area contributed by atoms with E-state index in [1.807, 2.05) is 0 Å². The van der Waals surface area contributed by atoms with E-state index in [1.54, 1.807) is 0 Å². The van der Waals surface area contributed by atoms with E-state index < -0.39 is 0 Å². The number of hydrogen-bond donors (Lipinski definition) is 1. The van der Waals surface area contributed by atoms with Crippen LogP contribution in [0.25, 0.3) is 0 Å². The van der Waals surface area contributed by atoms with Crippen LogP contribution in [0.4, 0.5) is 0 Å². The fourth-order valence-electron chi connectivity index (χ4n) is 2.85. The van der Waals surface area contributed by atoms with Gasteiger partial charge in [-0.05, 0) is 31.2 Å². The van der Waals surface area contributed by atoms with E-state index in [9.17, 15) is 0 Å². The van der Waals surface area contributed by atoms with Crippen molar-refractivity contribution in [2.75, 3.05) is 23.8 Å². The molecular formula is C16H23NS2. The molecule has 1 saturated heterocycles. The smallest absolute Gasteiger partial charge is 0.0263 e. The highest BCUT2D eigenvalue weighted by Crippen LogP contribution is 2.37. The largest absolute Gasteiger partial charge is 0.313 e. The van der Waals surface area contributed by atoms with Crippen molar-refractivity contribution in [3.63, 3.8) is 0 Å². The van der Waals surface area contributed by atoms with Crippen molar-refractivity contribution in [2.45, 2.75) is 37.0 Å². The highest BCUT2D eigenvalue weighted by Gasteiger charge is 2.30. The topological polar surface area (TPSA) is 12.0 Å². The van der Waals surface area contributed by atoms with Crippen LogP contribution >= 0.6 is 23.5 Å². The van der Waals surface area contributed by atoms with Crippen molar-refractivity contribution in [3.8, 4) is 0 Å². The normalized spacial score (nSPS) is 30.9. The van der Waals surface area contributed by atoms with Crippen LogP contribution in [0.3, 0.4) is 0 Å². The van der Waals surface area contributed by atoms with Crippen LogP contribution in [0.15, 0.2) is 24.3 Å². The Morgan fingerprint density at radius 1 is 1.16 bits per heavy atom. The van der Waals surface area contributed by atoms with Crippen molar-refractivity contribution < 1.29 is 0 Å². The van der Waals surface area contributed by atoms with Gasteiger partial charge in [0.05, 0.1) is 0 Å². The molecule has 0 spiro atoms. The van der Waals surface area contributed by atoms with Gasteiger partial charge in [0.25, 0.3) is 0 Å². The van der Waals surface area contributed by atoms with E-state index in [-0.39, 0.29) is 0 Å². The molecule has 1 aliphatic heterocycles. The van der Waals surface area contributed by atoms with Crippen LogP contribution < -0.4 is 5.32 Å². The Hall–Kier alpha value is -0.120. The molecule has 1 aliphatic carbocycles. The van der Waals surface area contributed by atoms with Crippen molar-refractivity contribution in [2.24, 2.45) is 0 Å². The first-order chi connectivity index (χ1) is 9.31. The van der Waals surface area contributed by atoms with Crippen LogP contribution in [-0.2, 0) is 0 Å². The average Bonchev–Trinajstić information content (AvgIpc) is 2.40. The summed E-state index contributed by atoms with van der Waals surface area (Å²) in [5.74, 6) is 4.82. The van der Waals surface area contributed by atoms with E-state index >= 15 is 0 Å². The van der Waals surface area contributed by atoms with E-state index in [0.717, 1.165) is 17.2 Å². The van der Waals surface area contributed by atoms with Crippen molar-refractivity contribution in [1.29, 1.82) is 0 Å². The second-order valence-electron chi connectivity index (χ2n) is 5.75. The maximum absolute atomic E-state index is 3.77. The zero-order valence-corrected chi connectivity index (χ0v) is 13.2. The average molecular weight is 294 g/mol. The Kier molecular flexibility index (Phi) is 4.78. The second kappa shape index (κ2) is 6.55. The van der Waals surface area contributed by atoms with Gasteiger partial charge in [0.15, 0.2) is 0 Å². The van der Waals surface area contributed by atoms with E-state index in [2.05, 4.69) is 60.0 Å². The maximum Gasteiger partial charge on any atom is 0.0263 e. The molecule has 0 amide bonds. The fraction of sp³-hybridized carbons (Fsp3) is 0.625. The predicted molar refractivity (Wildman–Crippen MR) is 88.5 cm³/mol. The quantitative estimate of drug-likeness (QED) is 0.909. The summed E-state index contributed by atoms with van der Waals surface area (Å²) in [6.45, 7) is 3.37. The predicted octanol–water partition coefficient (Wildman–Crippen LogP) is 3.68. The number of thioether (sulfide) groups is 2. The molecule has 19 heavy (non-hydrogen) atoms. The van der Waals surface area contributed by atoms with Crippen LogP contribution in [0.2, 0.25) is 0 Å². The van der Waals surface area contributed by atoms with Crippen molar-refractivity contribution >= 4 is 23.5 Å². The zero-order valence-electron chi connectivity index (χ0n) is 11.6. The van der Waals surface area contributed by atoms with E-state index in [0.29, 0.717) is 0 Å². The first-order valence-corrected chi connectivity index (χ1v) is 9.51. The summed E-state index contributed by atoms with van der Waals surface area (Å²) >= 11 is 4.27. The lowest BCUT2D eigenvalue weighted by molar-refractivity contribution is 0.293. The van der Waals surface area contributed by atoms with Crippen molar-refractivity contribution in [1.82, 2.24) is 5.32 Å². The number of aryl methyl sites for hydroxylation is 1. The Morgan fingerprint density at radius 2 is 1.95 bits per heavy atom. The van der Waals surface area contributed by atoms with Crippen LogP contribution in [0.5, 0.6) is 0 Å². The molecule has 1 saturated carbocycles. The van der Waals surface area contributed by atoms with Gasteiger partial charge in [0, 0.05) is 35.1 Å². The number of hydrogen-bond acceptors (Lipinski definition) is 3. The summed E-state index contributed by atoms with van der Waals surface area (Å²) in [5.41, 5.74) is 2.90. The summed E-state index contributed by atoms with van der Waals surface area (Å²) in [6, 6.07) is 9.87. The molecular weight excluding hydrogens is 270 g/mol. The monoisotopic (exact) mass is 293 g/mol. The Morgan fingerprint density at radius 3 is 2.63 bits per heavy atom. The minimum atomic E-state index is 0.763. The fourth-order valence-corrected chi connectivity index (χ4v) is 5.47. The van der Waals surface area contributed by atoms with E-state index in [4.69, 9.17) is 0 Å². The van der Waals surface area contributed by atoms with Gasteiger partial charge >= 0.3 is 0 Å². The molecule has 1 atom stereocenters. The molecule has 1 aromatic rings. The molecule has 0 radical (unpaired) electrons. The summed E-state index contributed by atoms with van der Waals surface area (Å²) < 4.78 is 0. The molecule has 1 unspecified atom stereocenters. The molecule has 1 aromatic carbocycles. The van der Waals surface area contributed by atoms with Gasteiger partial charge in [-0.3, -0.25) is 0 Å². The van der Waals surface area contributed by atoms with Crippen LogP contribution in [0, 0.1) is 6.92 Å². The van der Waals surface area contributed by atoms with E-state index in [1.165, 1.54) is 47.8 Å². The lowest BCUT2D eigenvalue weighted by Crippen LogP contribution is -2.43. The third kappa shape index (κ3) is 3.71. The van der Waals surface area contributed by atoms with Crippen LogP contribution in [0.1, 0.15) is 29.9 Å². The zero-order chi connectivity index (χ0) is 13.1. The Bertz CT molecular complexity index is 392. The van der Waals surface area contributed by atoms with Crippen molar-refractivity contribution in [3.05, 3.63) is 35.4 Å². The standard InChI is InChI=1S/C16H23NS2/c1-12-2-4-13(5-3-12)14-8-15(9-14)17-10-16-11-18-6-7-19-16/h2-5,14-17H,6-11H2,1H3. The molecule has 1 heterocycles. The van der Waals surface area contributed by atoms with Crippen LogP contribution in [-0.4, -0.2) is 35.1 Å². The third-order valence-electron chi connectivity index (χ3n) is 4.21. The second-order valence-corrected chi connectivity index (χ2v) is 8.31. The molecule has 0 bridgehead atoms. The van der Waals surface area contributed by atoms with Gasteiger partial charge in [0.2, 0.25) is 0 Å². The minimum absolute atomic E-state index is 0.763. The summed E-state index contributed by atoms with van der Waals surface area (Å²) in [7, 11) is 0. The van der Waals surface area contributed by atoms with Gasteiger partial charge < -0.3 is 5.32 Å². The maximum atomic E-state index is 3.77. The molecule has 3 heteroatoms. The molecule has 1 nitrogen and oxygen atoms in total. The minimum Gasteiger partial charge on any atom is -0.313 e. The first kappa shape index (κ1) is 13.8. The van der Waals surface area contributed by atoms with Gasteiger partial charge in [0.1, 0.15) is 0 Å². The number of benzene rings is 1. The molecule has 104 valence electrons. The molecule has 3 rings (SSSR count). The van der Waals surface area contributed by atoms with Gasteiger partial charge in [-0.2, -0.15) is 23.5 Å². The SMILES string of the molecule is Cc1ccc(C2CC(NCC3CSCCS3)C2)cc1. The third-order valence-corrected chi connectivity index (χ3v) is 7.05. The summed E-state index contributed by atoms with van der Waals surface area (Å²) in [6.07, 6.45) is 2.65. The van der Waals surface area contributed by atoms with Gasteiger partial charge in [-0.15, -0.1) is 0 Å². The number of nitrogens with one attached hydrogen (secondary N) is 1. The number of rotatable bonds is 4. The summed E-state index contributed by atoms with van der Waals surface area (Å²) in [4.78, 5) is 0. The Balaban J connectivity index is 1.39. The Labute approximate surface area is 125 Å². The summed E-state index contributed by atoms with van der Waals surface area (Å²) in [5, 5.41) is 4.61. The highest BCUT2D eigenvalue weighted by molar-refractivity contribution is 8.06. The lowest BCUT2D eigenvalue weighted by atomic mass is 9.76. The molecule has 2 aliphatic rings. The highest BCUT2D eigenvalue weighted by atomic mass is 32.2. The molecule has 0 aromatic heterocycles.